The van der Waals surface area contributed by atoms with Crippen LogP contribution >= 0.6 is 0 Å². The van der Waals surface area contributed by atoms with Gasteiger partial charge < -0.3 is 10.2 Å². The lowest BCUT2D eigenvalue weighted by Crippen LogP contribution is -2.43. The number of aryl methyl sites for hydroxylation is 1. The Kier molecular flexibility index (Phi) is 4.79. The average Bonchev–Trinajstić information content (AvgIpc) is 2.38. The van der Waals surface area contributed by atoms with Crippen molar-refractivity contribution in [1.82, 2.24) is 10.2 Å². The highest BCUT2D eigenvalue weighted by Gasteiger charge is 2.19. The number of rotatable bonds is 4. The van der Waals surface area contributed by atoms with Crippen molar-refractivity contribution in [1.29, 1.82) is 0 Å². The van der Waals surface area contributed by atoms with Gasteiger partial charge in [-0.05, 0) is 45.8 Å². The second-order valence-corrected chi connectivity index (χ2v) is 5.67. The highest BCUT2D eigenvalue weighted by atomic mass is 15.2. The van der Waals surface area contributed by atoms with Crippen molar-refractivity contribution in [2.24, 2.45) is 0 Å². The summed E-state index contributed by atoms with van der Waals surface area (Å²) in [6.07, 6.45) is 4.08. The molecule has 1 saturated heterocycles. The van der Waals surface area contributed by atoms with Crippen molar-refractivity contribution in [2.45, 2.75) is 45.2 Å². The molecule has 2 nitrogen and oxygen atoms in total. The molecular weight excluding hydrogens is 220 g/mol. The second-order valence-electron chi connectivity index (χ2n) is 5.67. The van der Waals surface area contributed by atoms with Crippen LogP contribution in [0, 0.1) is 6.92 Å². The molecule has 0 bridgehead atoms. The van der Waals surface area contributed by atoms with Gasteiger partial charge in [-0.1, -0.05) is 36.2 Å². The van der Waals surface area contributed by atoms with Gasteiger partial charge in [-0.15, -0.1) is 0 Å². The van der Waals surface area contributed by atoms with Crippen LogP contribution in [0.1, 0.15) is 43.4 Å². The summed E-state index contributed by atoms with van der Waals surface area (Å²) in [6, 6.07) is 10.0. The minimum atomic E-state index is 0.445. The number of nitrogens with zero attached hydrogens (tertiary/aromatic N) is 1. The highest BCUT2D eigenvalue weighted by Crippen LogP contribution is 2.17. The van der Waals surface area contributed by atoms with Crippen LogP contribution in [0.25, 0.3) is 0 Å². The number of piperidine rings is 1. The first-order chi connectivity index (χ1) is 8.66. The first-order valence-electron chi connectivity index (χ1n) is 7.17. The molecule has 0 aliphatic carbocycles. The molecule has 1 aromatic carbocycles. The van der Waals surface area contributed by atoms with E-state index in [1.54, 1.807) is 0 Å². The van der Waals surface area contributed by atoms with Crippen molar-refractivity contribution in [3.63, 3.8) is 0 Å². The zero-order valence-electron chi connectivity index (χ0n) is 11.9. The van der Waals surface area contributed by atoms with Gasteiger partial charge in [0.1, 0.15) is 0 Å². The van der Waals surface area contributed by atoms with Gasteiger partial charge in [0.05, 0.1) is 0 Å². The molecule has 2 atom stereocenters. The topological polar surface area (TPSA) is 15.3 Å². The van der Waals surface area contributed by atoms with E-state index in [4.69, 9.17) is 0 Å². The summed E-state index contributed by atoms with van der Waals surface area (Å²) in [5.41, 5.74) is 2.72. The Labute approximate surface area is 111 Å². The Morgan fingerprint density at radius 2 is 2.00 bits per heavy atom. The monoisotopic (exact) mass is 246 g/mol. The summed E-state index contributed by atoms with van der Waals surface area (Å²) in [6.45, 7) is 6.75. The van der Waals surface area contributed by atoms with Gasteiger partial charge in [-0.2, -0.15) is 0 Å². The molecule has 1 N–H and O–H groups in total. The zero-order chi connectivity index (χ0) is 13.0. The summed E-state index contributed by atoms with van der Waals surface area (Å²) in [4.78, 5) is 2.50. The molecule has 2 rings (SSSR count). The summed E-state index contributed by atoms with van der Waals surface area (Å²) in [5, 5.41) is 3.68. The van der Waals surface area contributed by atoms with Crippen molar-refractivity contribution >= 4 is 0 Å². The normalized spacial score (nSPS) is 22.9. The highest BCUT2D eigenvalue weighted by molar-refractivity contribution is 5.23. The average molecular weight is 246 g/mol. The Balaban J connectivity index is 1.83. The molecular formula is C16H26N2. The van der Waals surface area contributed by atoms with E-state index in [0.29, 0.717) is 12.1 Å². The van der Waals surface area contributed by atoms with Crippen LogP contribution in [0.5, 0.6) is 0 Å². The molecule has 1 aliphatic rings. The lowest BCUT2D eigenvalue weighted by atomic mass is 10.0. The van der Waals surface area contributed by atoms with Crippen LogP contribution in [0.3, 0.4) is 0 Å². The van der Waals surface area contributed by atoms with Gasteiger partial charge in [0.15, 0.2) is 0 Å². The second kappa shape index (κ2) is 6.35. The first kappa shape index (κ1) is 13.6. The van der Waals surface area contributed by atoms with Crippen molar-refractivity contribution < 1.29 is 0 Å². The first-order valence-corrected chi connectivity index (χ1v) is 7.17. The number of hydrogen-bond acceptors (Lipinski definition) is 2. The fraction of sp³-hybridized carbons (Fsp3) is 0.625. The molecule has 0 amide bonds. The number of nitrogens with one attached hydrogen (secondary N) is 1. The summed E-state index contributed by atoms with van der Waals surface area (Å²) >= 11 is 0. The van der Waals surface area contributed by atoms with E-state index in [9.17, 15) is 0 Å². The standard InChI is InChI=1S/C16H26N2/c1-13-7-9-15(10-8-13)14(2)17-12-16-6-4-5-11-18(16)3/h7-10,14,16-17H,4-6,11-12H2,1-3H3/t14-,16?/m0/s1. The Morgan fingerprint density at radius 3 is 2.67 bits per heavy atom. The third-order valence-corrected chi connectivity index (χ3v) is 4.16. The van der Waals surface area contributed by atoms with E-state index in [1.807, 2.05) is 0 Å². The quantitative estimate of drug-likeness (QED) is 0.878. The van der Waals surface area contributed by atoms with E-state index in [-0.39, 0.29) is 0 Å². The van der Waals surface area contributed by atoms with Crippen molar-refractivity contribution in [3.8, 4) is 0 Å². The minimum Gasteiger partial charge on any atom is -0.309 e. The summed E-state index contributed by atoms with van der Waals surface area (Å²) in [5.74, 6) is 0. The van der Waals surface area contributed by atoms with Crippen LogP contribution in [-0.4, -0.2) is 31.1 Å². The lowest BCUT2D eigenvalue weighted by molar-refractivity contribution is 0.178. The van der Waals surface area contributed by atoms with Crippen LogP contribution < -0.4 is 5.32 Å². The van der Waals surface area contributed by atoms with Crippen molar-refractivity contribution in [2.75, 3.05) is 20.1 Å². The molecule has 1 heterocycles. The number of likely N-dealkylation sites (tertiary alicyclic amines) is 1. The van der Waals surface area contributed by atoms with Gasteiger partial charge >= 0.3 is 0 Å². The Hall–Kier alpha value is -0.860. The van der Waals surface area contributed by atoms with Gasteiger partial charge in [-0.3, -0.25) is 0 Å². The SMILES string of the molecule is Cc1ccc([C@H](C)NCC2CCCCN2C)cc1. The van der Waals surface area contributed by atoms with E-state index in [0.717, 1.165) is 6.54 Å². The van der Waals surface area contributed by atoms with Crippen molar-refractivity contribution in [3.05, 3.63) is 35.4 Å². The molecule has 2 heteroatoms. The molecule has 100 valence electrons. The maximum atomic E-state index is 3.68. The predicted octanol–water partition coefficient (Wildman–Crippen LogP) is 3.13. The number of likely N-dealkylation sites (N-methyl/N-ethyl adjacent to an activating group) is 1. The molecule has 1 aliphatic heterocycles. The lowest BCUT2D eigenvalue weighted by Gasteiger charge is -2.33. The van der Waals surface area contributed by atoms with Gasteiger partial charge in [0.2, 0.25) is 0 Å². The van der Waals surface area contributed by atoms with E-state index in [1.165, 1.54) is 36.9 Å². The van der Waals surface area contributed by atoms with Gasteiger partial charge in [0.25, 0.3) is 0 Å². The molecule has 1 fully saturated rings. The minimum absolute atomic E-state index is 0.445. The maximum Gasteiger partial charge on any atom is 0.0292 e. The van der Waals surface area contributed by atoms with E-state index < -0.39 is 0 Å². The summed E-state index contributed by atoms with van der Waals surface area (Å²) < 4.78 is 0. The smallest absolute Gasteiger partial charge is 0.0292 e. The van der Waals surface area contributed by atoms with Crippen LogP contribution in [-0.2, 0) is 0 Å². The van der Waals surface area contributed by atoms with Crippen LogP contribution in [0.2, 0.25) is 0 Å². The fourth-order valence-electron chi connectivity index (χ4n) is 2.69. The summed E-state index contributed by atoms with van der Waals surface area (Å²) in [7, 11) is 2.25. The zero-order valence-corrected chi connectivity index (χ0v) is 11.9. The number of hydrogen-bond donors (Lipinski definition) is 1. The fourth-order valence-corrected chi connectivity index (χ4v) is 2.69. The van der Waals surface area contributed by atoms with Crippen LogP contribution in [0.15, 0.2) is 24.3 Å². The molecule has 0 saturated carbocycles. The molecule has 0 radical (unpaired) electrons. The Bertz CT molecular complexity index is 358. The van der Waals surface area contributed by atoms with Gasteiger partial charge in [0, 0.05) is 18.6 Å². The molecule has 0 spiro atoms. The molecule has 18 heavy (non-hydrogen) atoms. The molecule has 1 aromatic rings. The molecule has 1 unspecified atom stereocenters. The van der Waals surface area contributed by atoms with Gasteiger partial charge in [-0.25, -0.2) is 0 Å². The van der Waals surface area contributed by atoms with E-state index >= 15 is 0 Å². The Morgan fingerprint density at radius 1 is 1.28 bits per heavy atom. The molecule has 0 aromatic heterocycles. The largest absolute Gasteiger partial charge is 0.309 e. The maximum absolute atomic E-state index is 3.68. The van der Waals surface area contributed by atoms with E-state index in [2.05, 4.69) is 55.4 Å². The third kappa shape index (κ3) is 3.56. The third-order valence-electron chi connectivity index (χ3n) is 4.16. The number of benzene rings is 1. The predicted molar refractivity (Wildman–Crippen MR) is 77.9 cm³/mol. The van der Waals surface area contributed by atoms with Crippen LogP contribution in [0.4, 0.5) is 0 Å².